The number of ether oxygens (including phenoxy) is 3. The predicted octanol–water partition coefficient (Wildman–Crippen LogP) is 3.10. The average molecular weight is 416 g/mol. The second kappa shape index (κ2) is 10.2. The lowest BCUT2D eigenvalue weighted by molar-refractivity contribution is -0.384. The van der Waals surface area contributed by atoms with Crippen molar-refractivity contribution in [2.45, 2.75) is 13.3 Å². The minimum Gasteiger partial charge on any atom is -0.493 e. The van der Waals surface area contributed by atoms with Crippen molar-refractivity contribution in [3.63, 3.8) is 0 Å². The maximum atomic E-state index is 12.8. The van der Waals surface area contributed by atoms with Gasteiger partial charge in [0.15, 0.2) is 11.5 Å². The summed E-state index contributed by atoms with van der Waals surface area (Å²) in [4.78, 5) is 36.8. The van der Waals surface area contributed by atoms with Crippen LogP contribution in [0, 0.1) is 10.1 Å². The predicted molar refractivity (Wildman–Crippen MR) is 109 cm³/mol. The van der Waals surface area contributed by atoms with Crippen molar-refractivity contribution in [1.82, 2.24) is 4.90 Å². The first-order chi connectivity index (χ1) is 14.3. The number of hydrogen-bond acceptors (Lipinski definition) is 7. The molecule has 9 nitrogen and oxygen atoms in total. The van der Waals surface area contributed by atoms with Gasteiger partial charge < -0.3 is 19.1 Å². The lowest BCUT2D eigenvalue weighted by Gasteiger charge is -2.18. The highest BCUT2D eigenvalue weighted by Crippen LogP contribution is 2.28. The van der Waals surface area contributed by atoms with Gasteiger partial charge in [-0.15, -0.1) is 0 Å². The van der Waals surface area contributed by atoms with Crippen molar-refractivity contribution in [2.75, 3.05) is 34.4 Å². The van der Waals surface area contributed by atoms with Gasteiger partial charge in [0.05, 0.1) is 31.3 Å². The van der Waals surface area contributed by atoms with Crippen LogP contribution in [-0.4, -0.2) is 56.1 Å². The normalized spacial score (nSPS) is 10.3. The molecule has 0 N–H and O–H groups in total. The van der Waals surface area contributed by atoms with Gasteiger partial charge in [-0.2, -0.15) is 0 Å². The van der Waals surface area contributed by atoms with Crippen LogP contribution in [0.25, 0.3) is 0 Å². The highest BCUT2D eigenvalue weighted by molar-refractivity contribution is 5.98. The lowest BCUT2D eigenvalue weighted by Crippen LogP contribution is -2.29. The zero-order valence-corrected chi connectivity index (χ0v) is 17.3. The van der Waals surface area contributed by atoms with E-state index in [9.17, 15) is 19.7 Å². The Balaban J connectivity index is 2.19. The Hall–Kier alpha value is -3.62. The summed E-state index contributed by atoms with van der Waals surface area (Å²) in [6, 6.07) is 9.02. The van der Waals surface area contributed by atoms with Crippen molar-refractivity contribution in [2.24, 2.45) is 0 Å². The molecule has 2 aromatic rings. The number of hydrogen-bond donors (Lipinski definition) is 0. The van der Waals surface area contributed by atoms with Crippen molar-refractivity contribution in [1.29, 1.82) is 0 Å². The number of carbonyl (C=O) groups is 2. The Kier molecular flexibility index (Phi) is 7.74. The summed E-state index contributed by atoms with van der Waals surface area (Å²) >= 11 is 0. The van der Waals surface area contributed by atoms with Gasteiger partial charge in [-0.25, -0.2) is 4.79 Å². The Labute approximate surface area is 174 Å². The van der Waals surface area contributed by atoms with Crippen LogP contribution in [0.3, 0.4) is 0 Å². The van der Waals surface area contributed by atoms with Crippen LogP contribution in [0.1, 0.15) is 33.2 Å². The summed E-state index contributed by atoms with van der Waals surface area (Å²) in [6.45, 7) is 2.10. The van der Waals surface area contributed by atoms with Gasteiger partial charge in [0.1, 0.15) is 0 Å². The van der Waals surface area contributed by atoms with Crippen LogP contribution < -0.4 is 9.47 Å². The Morgan fingerprint density at radius 3 is 2.30 bits per heavy atom. The van der Waals surface area contributed by atoms with Gasteiger partial charge in [-0.05, 0) is 37.1 Å². The minimum absolute atomic E-state index is 0.0392. The molecule has 0 fully saturated rings. The molecule has 0 aromatic heterocycles. The molecule has 0 aliphatic rings. The van der Waals surface area contributed by atoms with E-state index < -0.39 is 16.8 Å². The number of benzene rings is 2. The van der Waals surface area contributed by atoms with E-state index in [1.54, 1.807) is 34.3 Å². The van der Waals surface area contributed by atoms with Crippen molar-refractivity contribution >= 4 is 17.6 Å². The zero-order chi connectivity index (χ0) is 22.3. The molecule has 0 bridgehead atoms. The molecule has 0 saturated carbocycles. The van der Waals surface area contributed by atoms with Gasteiger partial charge in [0.25, 0.3) is 11.6 Å². The van der Waals surface area contributed by atoms with Gasteiger partial charge >= 0.3 is 5.97 Å². The second-order valence-electron chi connectivity index (χ2n) is 6.41. The molecule has 1 amide bonds. The van der Waals surface area contributed by atoms with Crippen molar-refractivity contribution in [3.8, 4) is 11.5 Å². The number of nitrogens with zero attached hydrogens (tertiary/aromatic N) is 2. The van der Waals surface area contributed by atoms with E-state index in [2.05, 4.69) is 0 Å². The maximum Gasteiger partial charge on any atom is 0.338 e. The summed E-state index contributed by atoms with van der Waals surface area (Å²) in [5.74, 6) is 0.0310. The number of nitro groups is 1. The first-order valence-corrected chi connectivity index (χ1v) is 9.23. The second-order valence-corrected chi connectivity index (χ2v) is 6.41. The highest BCUT2D eigenvalue weighted by atomic mass is 16.6. The molecule has 0 saturated heterocycles. The van der Waals surface area contributed by atoms with E-state index >= 15 is 0 Å². The van der Waals surface area contributed by atoms with E-state index in [0.29, 0.717) is 24.5 Å². The average Bonchev–Trinajstić information content (AvgIpc) is 2.76. The number of esters is 1. The maximum absolute atomic E-state index is 12.8. The fourth-order valence-corrected chi connectivity index (χ4v) is 2.83. The van der Waals surface area contributed by atoms with E-state index in [1.165, 1.54) is 11.0 Å². The number of non-ortho nitro benzene ring substituents is 1. The van der Waals surface area contributed by atoms with Crippen molar-refractivity contribution in [3.05, 3.63) is 63.2 Å². The van der Waals surface area contributed by atoms with Gasteiger partial charge in [-0.1, -0.05) is 6.07 Å². The smallest absolute Gasteiger partial charge is 0.338 e. The van der Waals surface area contributed by atoms with Gasteiger partial charge in [0, 0.05) is 31.3 Å². The van der Waals surface area contributed by atoms with Crippen molar-refractivity contribution < 1.29 is 28.7 Å². The number of nitro benzene ring substituents is 1. The summed E-state index contributed by atoms with van der Waals surface area (Å²) in [7, 11) is 4.68. The minimum atomic E-state index is -0.719. The number of methoxy groups -OCH3 is 2. The van der Waals surface area contributed by atoms with E-state index in [0.717, 1.165) is 17.7 Å². The van der Waals surface area contributed by atoms with Gasteiger partial charge in [0.2, 0.25) is 0 Å². The molecule has 9 heteroatoms. The highest BCUT2D eigenvalue weighted by Gasteiger charge is 2.20. The van der Waals surface area contributed by atoms with E-state index in [4.69, 9.17) is 14.2 Å². The molecule has 0 radical (unpaired) electrons. The summed E-state index contributed by atoms with van der Waals surface area (Å²) in [5.41, 5.74) is 0.584. The fourth-order valence-electron chi connectivity index (χ4n) is 2.83. The summed E-state index contributed by atoms with van der Waals surface area (Å²) in [6.07, 6.45) is 0.530. The summed E-state index contributed by atoms with van der Waals surface area (Å²) < 4.78 is 15.4. The standard InChI is InChI=1S/C21H24N2O7/c1-5-30-21(25)16-11-15(12-17(13-16)23(26)27)20(24)22(2)9-8-14-6-7-18(28-3)19(10-14)29-4/h6-7,10-13H,5,8-9H2,1-4H3. The molecule has 30 heavy (non-hydrogen) atoms. The number of rotatable bonds is 9. The van der Waals surface area contributed by atoms with Crippen LogP contribution in [0.15, 0.2) is 36.4 Å². The lowest BCUT2D eigenvalue weighted by atomic mass is 10.1. The number of amides is 1. The molecule has 0 aliphatic heterocycles. The van der Waals surface area contributed by atoms with Gasteiger partial charge in [-0.3, -0.25) is 14.9 Å². The summed E-state index contributed by atoms with van der Waals surface area (Å²) in [5, 5.41) is 11.2. The Bertz CT molecular complexity index is 943. The van der Waals surface area contributed by atoms with Crippen LogP contribution in [0.2, 0.25) is 0 Å². The van der Waals surface area contributed by atoms with Crippen LogP contribution >= 0.6 is 0 Å². The van der Waals surface area contributed by atoms with E-state index in [1.807, 2.05) is 12.1 Å². The fraction of sp³-hybridized carbons (Fsp3) is 0.333. The third-order valence-electron chi connectivity index (χ3n) is 4.42. The number of likely N-dealkylation sites (N-methyl/N-ethyl adjacent to an activating group) is 1. The van der Waals surface area contributed by atoms with Crippen LogP contribution in [0.4, 0.5) is 5.69 Å². The third kappa shape index (κ3) is 5.47. The third-order valence-corrected chi connectivity index (χ3v) is 4.42. The molecule has 0 aliphatic carbocycles. The number of carbonyl (C=O) groups excluding carboxylic acids is 2. The molecule has 0 unspecified atom stereocenters. The monoisotopic (exact) mass is 416 g/mol. The first-order valence-electron chi connectivity index (χ1n) is 9.23. The first kappa shape index (κ1) is 22.7. The molecule has 2 aromatic carbocycles. The largest absolute Gasteiger partial charge is 0.493 e. The quantitative estimate of drug-likeness (QED) is 0.351. The molecule has 160 valence electrons. The molecule has 0 atom stereocenters. The SMILES string of the molecule is CCOC(=O)c1cc(C(=O)N(C)CCc2ccc(OC)c(OC)c2)cc([N+](=O)[O-])c1. The Morgan fingerprint density at radius 2 is 1.70 bits per heavy atom. The topological polar surface area (TPSA) is 108 Å². The molecule has 0 heterocycles. The zero-order valence-electron chi connectivity index (χ0n) is 17.3. The van der Waals surface area contributed by atoms with E-state index in [-0.39, 0.29) is 23.4 Å². The molecular formula is C21H24N2O7. The molecule has 2 rings (SSSR count). The Morgan fingerprint density at radius 1 is 1.03 bits per heavy atom. The van der Waals surface area contributed by atoms with Crippen LogP contribution in [0.5, 0.6) is 11.5 Å². The molecule has 0 spiro atoms. The van der Waals surface area contributed by atoms with Crippen LogP contribution in [-0.2, 0) is 11.2 Å². The molecular weight excluding hydrogens is 392 g/mol.